The number of aryl methyl sites for hydroxylation is 1. The van der Waals surface area contributed by atoms with E-state index in [1.165, 1.54) is 33.9 Å². The van der Waals surface area contributed by atoms with Gasteiger partial charge in [0.25, 0.3) is 0 Å². The van der Waals surface area contributed by atoms with Gasteiger partial charge in [0, 0.05) is 19.2 Å². The fraction of sp³-hybridized carbons (Fsp3) is 0.188. The number of aromatic nitrogens is 4. The molecular formula is C16H14ClFN6O3. The van der Waals surface area contributed by atoms with Crippen molar-refractivity contribution in [2.24, 2.45) is 0 Å². The zero-order valence-electron chi connectivity index (χ0n) is 13.9. The van der Waals surface area contributed by atoms with Gasteiger partial charge in [-0.2, -0.15) is 10.2 Å². The van der Waals surface area contributed by atoms with Gasteiger partial charge < -0.3 is 5.32 Å². The highest BCUT2D eigenvalue weighted by Crippen LogP contribution is 2.20. The molecule has 140 valence electrons. The normalized spacial score (nSPS) is 10.7. The highest BCUT2D eigenvalue weighted by atomic mass is 35.5. The summed E-state index contributed by atoms with van der Waals surface area (Å²) in [5, 5.41) is 21.4. The number of nitrogens with zero attached hydrogens (tertiary/aromatic N) is 5. The van der Waals surface area contributed by atoms with Gasteiger partial charge in [-0.3, -0.25) is 24.3 Å². The van der Waals surface area contributed by atoms with Crippen LogP contribution in [0.1, 0.15) is 12.0 Å². The number of nitro groups is 1. The maximum absolute atomic E-state index is 13.2. The van der Waals surface area contributed by atoms with Crippen LogP contribution in [0.15, 0.2) is 42.9 Å². The average Bonchev–Trinajstić information content (AvgIpc) is 3.20. The second-order valence-electron chi connectivity index (χ2n) is 5.67. The molecule has 0 aliphatic heterocycles. The third-order valence-electron chi connectivity index (χ3n) is 3.61. The summed E-state index contributed by atoms with van der Waals surface area (Å²) in [6, 6.07) is 6.08. The standard InChI is InChI=1S/C16H14ClFN6O3/c17-14-10-23(8-11-2-1-3-12(18)6-11)21-16(14)20-15(25)4-5-22-9-13(7-19-22)24(26)27/h1-3,6-7,9-10H,4-5,8H2,(H,20,21,25). The number of nitrogens with one attached hydrogen (secondary N) is 1. The van der Waals surface area contributed by atoms with E-state index in [0.29, 0.717) is 12.1 Å². The molecule has 27 heavy (non-hydrogen) atoms. The van der Waals surface area contributed by atoms with Gasteiger partial charge in [0.1, 0.15) is 23.2 Å². The van der Waals surface area contributed by atoms with Crippen molar-refractivity contribution >= 4 is 29.0 Å². The fourth-order valence-electron chi connectivity index (χ4n) is 2.37. The third kappa shape index (κ3) is 4.88. The number of carbonyl (C=O) groups is 1. The second kappa shape index (κ2) is 7.96. The first kappa shape index (κ1) is 18.5. The minimum absolute atomic E-state index is 0.0337. The van der Waals surface area contributed by atoms with E-state index in [2.05, 4.69) is 15.5 Å². The van der Waals surface area contributed by atoms with Gasteiger partial charge in [0.15, 0.2) is 5.82 Å². The molecule has 3 rings (SSSR count). The molecule has 0 atom stereocenters. The molecule has 1 N–H and O–H groups in total. The van der Waals surface area contributed by atoms with E-state index in [9.17, 15) is 19.3 Å². The summed E-state index contributed by atoms with van der Waals surface area (Å²) in [6.07, 6.45) is 3.92. The van der Waals surface area contributed by atoms with Crippen molar-refractivity contribution in [1.29, 1.82) is 0 Å². The number of carbonyl (C=O) groups excluding carboxylic acids is 1. The predicted octanol–water partition coefficient (Wildman–Crippen LogP) is 2.86. The molecule has 0 spiro atoms. The highest BCUT2D eigenvalue weighted by Gasteiger charge is 2.13. The van der Waals surface area contributed by atoms with E-state index in [0.717, 1.165) is 6.20 Å². The minimum atomic E-state index is -0.561. The Hall–Kier alpha value is -3.27. The van der Waals surface area contributed by atoms with Crippen LogP contribution in [0.2, 0.25) is 5.02 Å². The van der Waals surface area contributed by atoms with Crippen molar-refractivity contribution in [3.63, 3.8) is 0 Å². The molecule has 3 aromatic rings. The lowest BCUT2D eigenvalue weighted by Gasteiger charge is -2.04. The van der Waals surface area contributed by atoms with E-state index in [1.807, 2.05) is 0 Å². The highest BCUT2D eigenvalue weighted by molar-refractivity contribution is 6.33. The smallest absolute Gasteiger partial charge is 0.306 e. The molecule has 0 bridgehead atoms. The number of halogens is 2. The molecule has 2 aromatic heterocycles. The van der Waals surface area contributed by atoms with Gasteiger partial charge in [-0.05, 0) is 17.7 Å². The fourth-order valence-corrected chi connectivity index (χ4v) is 2.56. The second-order valence-corrected chi connectivity index (χ2v) is 6.08. The van der Waals surface area contributed by atoms with Gasteiger partial charge >= 0.3 is 5.69 Å². The van der Waals surface area contributed by atoms with Gasteiger partial charge in [-0.1, -0.05) is 23.7 Å². The molecule has 0 saturated carbocycles. The summed E-state index contributed by atoms with van der Waals surface area (Å²) in [5.74, 6) is -0.534. The molecule has 1 amide bonds. The molecule has 0 radical (unpaired) electrons. The van der Waals surface area contributed by atoms with Crippen molar-refractivity contribution in [3.05, 3.63) is 69.4 Å². The molecule has 0 aliphatic carbocycles. The molecule has 1 aromatic carbocycles. The van der Waals surface area contributed by atoms with Crippen LogP contribution in [0.5, 0.6) is 0 Å². The Labute approximate surface area is 157 Å². The van der Waals surface area contributed by atoms with Crippen molar-refractivity contribution in [1.82, 2.24) is 19.6 Å². The van der Waals surface area contributed by atoms with Gasteiger partial charge in [-0.15, -0.1) is 0 Å². The Balaban J connectivity index is 1.57. The summed E-state index contributed by atoms with van der Waals surface area (Å²) in [4.78, 5) is 22.1. The SMILES string of the molecule is O=C(CCn1cc([N+](=O)[O-])cn1)Nc1nn(Cc2cccc(F)c2)cc1Cl. The van der Waals surface area contributed by atoms with E-state index < -0.39 is 4.92 Å². The molecule has 11 heteroatoms. The lowest BCUT2D eigenvalue weighted by Crippen LogP contribution is -2.15. The number of hydrogen-bond donors (Lipinski definition) is 1. The largest absolute Gasteiger partial charge is 0.308 e. The number of rotatable bonds is 7. The first-order valence-electron chi connectivity index (χ1n) is 7.85. The van der Waals surface area contributed by atoms with Crippen LogP contribution in [0.4, 0.5) is 15.9 Å². The molecule has 2 heterocycles. The van der Waals surface area contributed by atoms with E-state index in [1.54, 1.807) is 12.1 Å². The first-order valence-corrected chi connectivity index (χ1v) is 8.22. The Morgan fingerprint density at radius 1 is 1.33 bits per heavy atom. The Morgan fingerprint density at radius 2 is 2.15 bits per heavy atom. The maximum Gasteiger partial charge on any atom is 0.306 e. The van der Waals surface area contributed by atoms with Crippen molar-refractivity contribution in [2.45, 2.75) is 19.5 Å². The topological polar surface area (TPSA) is 108 Å². The zero-order valence-corrected chi connectivity index (χ0v) is 14.6. The summed E-state index contributed by atoms with van der Waals surface area (Å²) in [7, 11) is 0. The maximum atomic E-state index is 13.2. The number of amides is 1. The Kier molecular flexibility index (Phi) is 5.46. The summed E-state index contributed by atoms with van der Waals surface area (Å²) >= 11 is 6.08. The number of benzene rings is 1. The Morgan fingerprint density at radius 3 is 2.85 bits per heavy atom. The van der Waals surface area contributed by atoms with Gasteiger partial charge in [0.2, 0.25) is 5.91 Å². The van der Waals surface area contributed by atoms with Crippen molar-refractivity contribution in [3.8, 4) is 0 Å². The number of hydrogen-bond acceptors (Lipinski definition) is 5. The van der Waals surface area contributed by atoms with Gasteiger partial charge in [0.05, 0.1) is 11.5 Å². The van der Waals surface area contributed by atoms with Crippen LogP contribution in [-0.2, 0) is 17.9 Å². The molecule has 9 nitrogen and oxygen atoms in total. The van der Waals surface area contributed by atoms with Gasteiger partial charge in [-0.25, -0.2) is 4.39 Å². The van der Waals surface area contributed by atoms with Crippen molar-refractivity contribution in [2.75, 3.05) is 5.32 Å². The quantitative estimate of drug-likeness (QED) is 0.491. The van der Waals surface area contributed by atoms with Crippen LogP contribution in [0.25, 0.3) is 0 Å². The zero-order chi connectivity index (χ0) is 19.4. The third-order valence-corrected chi connectivity index (χ3v) is 3.88. The minimum Gasteiger partial charge on any atom is -0.308 e. The van der Waals surface area contributed by atoms with Crippen molar-refractivity contribution < 1.29 is 14.1 Å². The van der Waals surface area contributed by atoms with E-state index in [4.69, 9.17) is 11.6 Å². The average molecular weight is 393 g/mol. The summed E-state index contributed by atoms with van der Waals surface area (Å²) < 4.78 is 16.0. The molecule has 0 unspecified atom stereocenters. The molecule has 0 fully saturated rings. The summed E-state index contributed by atoms with van der Waals surface area (Å²) in [6.45, 7) is 0.464. The monoisotopic (exact) mass is 392 g/mol. The molecule has 0 saturated heterocycles. The number of anilines is 1. The lowest BCUT2D eigenvalue weighted by atomic mass is 10.2. The van der Waals surface area contributed by atoms with E-state index in [-0.39, 0.29) is 41.2 Å². The van der Waals surface area contributed by atoms with Crippen LogP contribution >= 0.6 is 11.6 Å². The van der Waals surface area contributed by atoms with Crippen LogP contribution < -0.4 is 5.32 Å². The first-order chi connectivity index (χ1) is 12.9. The molecular weight excluding hydrogens is 379 g/mol. The summed E-state index contributed by atoms with van der Waals surface area (Å²) in [5.41, 5.74) is 0.557. The van der Waals surface area contributed by atoms with Crippen LogP contribution in [0.3, 0.4) is 0 Å². The molecule has 0 aliphatic rings. The predicted molar refractivity (Wildman–Crippen MR) is 94.9 cm³/mol. The van der Waals surface area contributed by atoms with Crippen LogP contribution in [-0.4, -0.2) is 30.4 Å². The van der Waals surface area contributed by atoms with E-state index >= 15 is 0 Å². The lowest BCUT2D eigenvalue weighted by molar-refractivity contribution is -0.385. The van der Waals surface area contributed by atoms with Crippen LogP contribution in [0, 0.1) is 15.9 Å². The Bertz CT molecular complexity index is 986.